The molecule has 8 heteroatoms. The smallest absolute Gasteiger partial charge is 0.343 e. The third-order valence-corrected chi connectivity index (χ3v) is 7.32. The summed E-state index contributed by atoms with van der Waals surface area (Å²) in [6.07, 6.45) is 9.19. The summed E-state index contributed by atoms with van der Waals surface area (Å²) in [7, 11) is 1.93. The van der Waals surface area contributed by atoms with Crippen LogP contribution in [0, 0.1) is 5.92 Å². The number of nitrogens with two attached hydrogens (primary N) is 1. The maximum Gasteiger partial charge on any atom is 0.343 e. The summed E-state index contributed by atoms with van der Waals surface area (Å²) in [5.74, 6) is -1.26. The number of quaternary nitrogens is 1. The van der Waals surface area contributed by atoms with Gasteiger partial charge in [-0.1, -0.05) is 43.2 Å². The van der Waals surface area contributed by atoms with Gasteiger partial charge in [0, 0.05) is 24.7 Å². The van der Waals surface area contributed by atoms with E-state index in [9.17, 15) is 14.7 Å². The number of likely N-dealkylation sites (N-methyl/N-ethyl adjacent to an activating group) is 1. The van der Waals surface area contributed by atoms with Crippen LogP contribution in [-0.4, -0.2) is 57.7 Å². The molecule has 3 N–H and O–H groups in total. The van der Waals surface area contributed by atoms with Gasteiger partial charge in [-0.15, -0.1) is 0 Å². The molecule has 33 heavy (non-hydrogen) atoms. The lowest BCUT2D eigenvalue weighted by atomic mass is 9.80. The van der Waals surface area contributed by atoms with Gasteiger partial charge in [0.15, 0.2) is 11.7 Å². The Morgan fingerprint density at radius 3 is 2.52 bits per heavy atom. The minimum Gasteiger partial charge on any atom is -0.454 e. The molecule has 1 aliphatic heterocycles. The Labute approximate surface area is 194 Å². The average molecular weight is 454 g/mol. The van der Waals surface area contributed by atoms with Gasteiger partial charge in [-0.25, -0.2) is 4.79 Å². The van der Waals surface area contributed by atoms with Crippen molar-refractivity contribution in [2.45, 2.75) is 56.3 Å². The summed E-state index contributed by atoms with van der Waals surface area (Å²) in [4.78, 5) is 34.4. The quantitative estimate of drug-likeness (QED) is 0.491. The van der Waals surface area contributed by atoms with E-state index in [1.54, 1.807) is 30.7 Å². The van der Waals surface area contributed by atoms with E-state index in [-0.39, 0.29) is 10.4 Å². The zero-order valence-corrected chi connectivity index (χ0v) is 19.1. The first-order chi connectivity index (χ1) is 15.8. The molecular formula is C25H33N4O4+. The Kier molecular flexibility index (Phi) is 6.76. The number of primary amides is 1. The predicted octanol–water partition coefficient (Wildman–Crippen LogP) is 2.23. The Balaban J connectivity index is 1.56. The van der Waals surface area contributed by atoms with Crippen LogP contribution in [-0.2, 0) is 19.9 Å². The zero-order valence-electron chi connectivity index (χ0n) is 19.1. The average Bonchev–Trinajstić information content (AvgIpc) is 3.35. The Morgan fingerprint density at radius 1 is 1.15 bits per heavy atom. The fraction of sp³-hybridized carbons (Fsp3) is 0.520. The molecule has 0 radical (unpaired) electrons. The fourth-order valence-corrected chi connectivity index (χ4v) is 5.68. The van der Waals surface area contributed by atoms with Crippen LogP contribution in [0.5, 0.6) is 0 Å². The number of amides is 1. The van der Waals surface area contributed by atoms with E-state index in [1.807, 2.05) is 25.2 Å². The normalized spacial score (nSPS) is 26.3. The highest BCUT2D eigenvalue weighted by Crippen LogP contribution is 2.42. The van der Waals surface area contributed by atoms with E-state index in [0.717, 1.165) is 32.1 Å². The molecule has 4 rings (SSSR count). The van der Waals surface area contributed by atoms with Gasteiger partial charge in [-0.05, 0) is 24.8 Å². The zero-order chi connectivity index (χ0) is 23.5. The van der Waals surface area contributed by atoms with E-state index in [2.05, 4.69) is 9.97 Å². The molecule has 1 amide bonds. The van der Waals surface area contributed by atoms with Crippen LogP contribution in [0.2, 0.25) is 0 Å². The number of piperidine rings is 1. The standard InChI is InChI=1S/C25H32N4O4/c1-29(22(23(26)30)21-16-27-13-14-28-21)15-7-12-20(17-29)33-24(31)25(32,19-10-5-6-11-19)18-8-3-2-4-9-18/h2-4,8-9,13-14,16,19-20,22,32H,5-7,10-12,15,17H2,1H3,(H-,26,30)/p+1/t20-,22?,25?,29?/m1/s1. The minimum absolute atomic E-state index is 0.171. The maximum absolute atomic E-state index is 13.5. The molecule has 4 atom stereocenters. The number of aliphatic hydroxyl groups is 1. The monoisotopic (exact) mass is 453 g/mol. The molecular weight excluding hydrogens is 420 g/mol. The van der Waals surface area contributed by atoms with Crippen molar-refractivity contribution in [1.82, 2.24) is 9.97 Å². The van der Waals surface area contributed by atoms with E-state index in [4.69, 9.17) is 10.5 Å². The van der Waals surface area contributed by atoms with Crippen molar-refractivity contribution in [2.24, 2.45) is 11.7 Å². The first-order valence-corrected chi connectivity index (χ1v) is 11.7. The van der Waals surface area contributed by atoms with Crippen molar-refractivity contribution in [1.29, 1.82) is 0 Å². The van der Waals surface area contributed by atoms with Crippen molar-refractivity contribution in [3.63, 3.8) is 0 Å². The summed E-state index contributed by atoms with van der Waals surface area (Å²) >= 11 is 0. The second kappa shape index (κ2) is 9.57. The molecule has 1 saturated heterocycles. The fourth-order valence-electron chi connectivity index (χ4n) is 5.68. The van der Waals surface area contributed by atoms with Crippen molar-refractivity contribution in [3.8, 4) is 0 Å². The number of likely N-dealkylation sites (tertiary alicyclic amines) is 1. The van der Waals surface area contributed by atoms with Gasteiger partial charge in [0.05, 0.1) is 19.8 Å². The van der Waals surface area contributed by atoms with Crippen LogP contribution in [0.1, 0.15) is 55.8 Å². The molecule has 0 bridgehead atoms. The van der Waals surface area contributed by atoms with Crippen molar-refractivity contribution in [2.75, 3.05) is 20.1 Å². The number of carbonyl (C=O) groups is 2. The van der Waals surface area contributed by atoms with E-state index in [0.29, 0.717) is 30.8 Å². The summed E-state index contributed by atoms with van der Waals surface area (Å²) < 4.78 is 6.27. The van der Waals surface area contributed by atoms with Crippen molar-refractivity contribution >= 4 is 11.9 Å². The second-order valence-electron chi connectivity index (χ2n) is 9.60. The number of nitrogens with zero attached hydrogens (tertiary/aromatic N) is 3. The van der Waals surface area contributed by atoms with Gasteiger partial charge in [0.2, 0.25) is 6.04 Å². The van der Waals surface area contributed by atoms with Crippen LogP contribution in [0.4, 0.5) is 0 Å². The molecule has 2 aliphatic rings. The summed E-state index contributed by atoms with van der Waals surface area (Å²) in [5, 5.41) is 11.7. The van der Waals surface area contributed by atoms with Crippen LogP contribution < -0.4 is 5.73 Å². The summed E-state index contributed by atoms with van der Waals surface area (Å²) in [5.41, 5.74) is 5.19. The molecule has 8 nitrogen and oxygen atoms in total. The largest absolute Gasteiger partial charge is 0.454 e. The lowest BCUT2D eigenvalue weighted by molar-refractivity contribution is -0.937. The molecule has 2 aromatic rings. The topological polar surface area (TPSA) is 115 Å². The maximum atomic E-state index is 13.5. The molecule has 3 unspecified atom stereocenters. The van der Waals surface area contributed by atoms with Gasteiger partial charge >= 0.3 is 5.97 Å². The summed E-state index contributed by atoms with van der Waals surface area (Å²) in [6.45, 7) is 1.11. The SMILES string of the molecule is C[N+]1(C(C(N)=O)c2cnccn2)CCC[C@@H](OC(=O)C(O)(c2ccccc2)C2CCCC2)C1. The minimum atomic E-state index is -1.67. The molecule has 2 fully saturated rings. The van der Waals surface area contributed by atoms with Gasteiger partial charge in [0.25, 0.3) is 5.91 Å². The second-order valence-corrected chi connectivity index (χ2v) is 9.60. The lowest BCUT2D eigenvalue weighted by Crippen LogP contribution is -2.59. The Bertz CT molecular complexity index is 967. The molecule has 1 saturated carbocycles. The number of hydrogen-bond donors (Lipinski definition) is 2. The molecule has 2 heterocycles. The van der Waals surface area contributed by atoms with Crippen LogP contribution in [0.3, 0.4) is 0 Å². The molecule has 1 aliphatic carbocycles. The van der Waals surface area contributed by atoms with Crippen LogP contribution >= 0.6 is 0 Å². The number of aromatic nitrogens is 2. The third-order valence-electron chi connectivity index (χ3n) is 7.32. The van der Waals surface area contributed by atoms with Gasteiger partial charge in [-0.2, -0.15) is 0 Å². The number of rotatable bonds is 7. The van der Waals surface area contributed by atoms with Gasteiger partial charge in [-0.3, -0.25) is 14.8 Å². The van der Waals surface area contributed by atoms with Gasteiger partial charge < -0.3 is 20.1 Å². The molecule has 176 valence electrons. The van der Waals surface area contributed by atoms with E-state index >= 15 is 0 Å². The highest BCUT2D eigenvalue weighted by molar-refractivity contribution is 5.82. The number of benzene rings is 1. The van der Waals surface area contributed by atoms with Crippen LogP contribution in [0.25, 0.3) is 0 Å². The van der Waals surface area contributed by atoms with E-state index in [1.165, 1.54) is 0 Å². The number of esters is 1. The van der Waals surface area contributed by atoms with Crippen molar-refractivity contribution < 1.29 is 23.9 Å². The summed E-state index contributed by atoms with van der Waals surface area (Å²) in [6, 6.07) is 8.41. The van der Waals surface area contributed by atoms with Crippen LogP contribution in [0.15, 0.2) is 48.9 Å². The molecule has 1 aromatic heterocycles. The molecule has 1 aromatic carbocycles. The first kappa shape index (κ1) is 23.3. The number of hydrogen-bond acceptors (Lipinski definition) is 6. The molecule has 0 spiro atoms. The first-order valence-electron chi connectivity index (χ1n) is 11.7. The lowest BCUT2D eigenvalue weighted by Gasteiger charge is -2.45. The predicted molar refractivity (Wildman–Crippen MR) is 121 cm³/mol. The van der Waals surface area contributed by atoms with E-state index < -0.39 is 29.6 Å². The third kappa shape index (κ3) is 4.63. The highest BCUT2D eigenvalue weighted by atomic mass is 16.6. The number of carbonyl (C=O) groups excluding carboxylic acids is 2. The number of ether oxygens (including phenoxy) is 1. The highest BCUT2D eigenvalue weighted by Gasteiger charge is 2.50. The Hall–Kier alpha value is -2.84. The Morgan fingerprint density at radius 2 is 1.88 bits per heavy atom. The van der Waals surface area contributed by atoms with Crippen molar-refractivity contribution in [3.05, 3.63) is 60.2 Å². The van der Waals surface area contributed by atoms with Gasteiger partial charge in [0.1, 0.15) is 12.2 Å².